The van der Waals surface area contributed by atoms with E-state index in [-0.39, 0.29) is 23.2 Å². The fraction of sp³-hybridized carbons (Fsp3) is 0.316. The second-order valence-electron chi connectivity index (χ2n) is 6.89. The van der Waals surface area contributed by atoms with Crippen LogP contribution in [-0.2, 0) is 10.0 Å². The van der Waals surface area contributed by atoms with Gasteiger partial charge in [-0.15, -0.1) is 11.3 Å². The Kier molecular flexibility index (Phi) is 4.99. The Morgan fingerprint density at radius 3 is 2.46 bits per heavy atom. The number of H-pyrrole nitrogens is 1. The first kappa shape index (κ1) is 19.4. The highest BCUT2D eigenvalue weighted by atomic mass is 35.5. The van der Waals surface area contributed by atoms with Gasteiger partial charge in [-0.25, -0.2) is 8.42 Å². The largest absolute Gasteiger partial charge is 0.358 e. The molecule has 0 spiro atoms. The maximum absolute atomic E-state index is 12.9. The summed E-state index contributed by atoms with van der Waals surface area (Å²) in [5.41, 5.74) is 3.86. The number of hydrogen-bond donors (Lipinski definition) is 1. The lowest BCUT2D eigenvalue weighted by atomic mass is 10.1. The van der Waals surface area contributed by atoms with E-state index in [2.05, 4.69) is 4.98 Å². The van der Waals surface area contributed by atoms with Crippen molar-refractivity contribution in [1.29, 1.82) is 0 Å². The molecule has 2 aromatic heterocycles. The molecule has 1 N–H and O–H groups in total. The third kappa shape index (κ3) is 3.34. The standard InChI is InChI=1S/C19H20ClN3O3S2/c1-12-13(2)21-16-4-3-14(11-15(12)16)19(24)22-7-9-23(10-8-22)28(25,26)18-6-5-17(20)27-18/h3-6,11,21H,7-10H2,1-2H3. The van der Waals surface area contributed by atoms with Crippen molar-refractivity contribution in [2.45, 2.75) is 18.1 Å². The molecule has 148 valence electrons. The normalized spacial score (nSPS) is 16.0. The zero-order valence-electron chi connectivity index (χ0n) is 15.5. The van der Waals surface area contributed by atoms with Crippen molar-refractivity contribution in [3.05, 3.63) is 51.5 Å². The summed E-state index contributed by atoms with van der Waals surface area (Å²) >= 11 is 6.92. The quantitative estimate of drug-likeness (QED) is 0.679. The Morgan fingerprint density at radius 2 is 1.82 bits per heavy atom. The highest BCUT2D eigenvalue weighted by molar-refractivity contribution is 7.91. The molecular formula is C19H20ClN3O3S2. The Morgan fingerprint density at radius 1 is 1.11 bits per heavy atom. The number of thiophene rings is 1. The smallest absolute Gasteiger partial charge is 0.253 e. The van der Waals surface area contributed by atoms with Crippen LogP contribution in [0.3, 0.4) is 0 Å². The molecule has 6 nitrogen and oxygen atoms in total. The molecule has 0 radical (unpaired) electrons. The van der Waals surface area contributed by atoms with E-state index in [1.807, 2.05) is 32.0 Å². The van der Waals surface area contributed by atoms with Crippen molar-refractivity contribution < 1.29 is 13.2 Å². The number of rotatable bonds is 3. The van der Waals surface area contributed by atoms with Crippen molar-refractivity contribution >= 4 is 49.8 Å². The summed E-state index contributed by atoms with van der Waals surface area (Å²) in [6.45, 7) is 5.31. The molecule has 1 aromatic carbocycles. The Hall–Kier alpha value is -1.87. The monoisotopic (exact) mass is 437 g/mol. The van der Waals surface area contributed by atoms with E-state index < -0.39 is 10.0 Å². The number of piperazine rings is 1. The van der Waals surface area contributed by atoms with E-state index in [9.17, 15) is 13.2 Å². The van der Waals surface area contributed by atoms with Crippen LogP contribution in [0, 0.1) is 13.8 Å². The summed E-state index contributed by atoms with van der Waals surface area (Å²) < 4.78 is 27.5. The number of fused-ring (bicyclic) bond motifs is 1. The minimum Gasteiger partial charge on any atom is -0.358 e. The van der Waals surface area contributed by atoms with Crippen molar-refractivity contribution in [2.24, 2.45) is 0 Å². The number of aromatic amines is 1. The molecule has 3 heterocycles. The number of benzene rings is 1. The van der Waals surface area contributed by atoms with Crippen LogP contribution in [0.5, 0.6) is 0 Å². The van der Waals surface area contributed by atoms with Gasteiger partial charge in [-0.2, -0.15) is 4.31 Å². The molecule has 9 heteroatoms. The number of hydrogen-bond acceptors (Lipinski definition) is 4. The summed E-state index contributed by atoms with van der Waals surface area (Å²) in [6, 6.07) is 8.75. The molecule has 0 aliphatic carbocycles. The molecule has 3 aromatic rings. The first-order valence-corrected chi connectivity index (χ1v) is 11.5. The van der Waals surface area contributed by atoms with E-state index in [1.54, 1.807) is 11.0 Å². The molecule has 0 atom stereocenters. The lowest BCUT2D eigenvalue weighted by Gasteiger charge is -2.33. The van der Waals surface area contributed by atoms with Gasteiger partial charge in [-0.05, 0) is 49.7 Å². The highest BCUT2D eigenvalue weighted by Gasteiger charge is 2.31. The van der Waals surface area contributed by atoms with Crippen molar-refractivity contribution in [2.75, 3.05) is 26.2 Å². The molecular weight excluding hydrogens is 418 g/mol. The van der Waals surface area contributed by atoms with Crippen LogP contribution in [0.4, 0.5) is 0 Å². The molecule has 4 rings (SSSR count). The van der Waals surface area contributed by atoms with Crippen LogP contribution in [0.1, 0.15) is 21.6 Å². The topological polar surface area (TPSA) is 73.5 Å². The van der Waals surface area contributed by atoms with Gasteiger partial charge in [0.2, 0.25) is 0 Å². The summed E-state index contributed by atoms with van der Waals surface area (Å²) in [5.74, 6) is -0.0728. The van der Waals surface area contributed by atoms with E-state index in [0.717, 1.165) is 33.5 Å². The second kappa shape index (κ2) is 7.18. The number of aryl methyl sites for hydroxylation is 2. The van der Waals surface area contributed by atoms with Gasteiger partial charge in [-0.1, -0.05) is 11.6 Å². The van der Waals surface area contributed by atoms with Crippen molar-refractivity contribution in [3.8, 4) is 0 Å². The van der Waals surface area contributed by atoms with Crippen LogP contribution in [-0.4, -0.2) is 54.7 Å². The zero-order valence-corrected chi connectivity index (χ0v) is 17.9. The minimum atomic E-state index is -3.56. The van der Waals surface area contributed by atoms with Gasteiger partial charge in [0.25, 0.3) is 15.9 Å². The number of aromatic nitrogens is 1. The predicted octanol–water partition coefficient (Wildman–Crippen LogP) is 3.65. The van der Waals surface area contributed by atoms with Crippen LogP contribution in [0.15, 0.2) is 34.5 Å². The van der Waals surface area contributed by atoms with Crippen LogP contribution in [0.2, 0.25) is 4.34 Å². The molecule has 0 unspecified atom stereocenters. The van der Waals surface area contributed by atoms with Gasteiger partial charge in [0.05, 0.1) is 4.34 Å². The van der Waals surface area contributed by atoms with Gasteiger partial charge in [0.15, 0.2) is 0 Å². The molecule has 0 bridgehead atoms. The minimum absolute atomic E-state index is 0.0728. The van der Waals surface area contributed by atoms with Crippen molar-refractivity contribution in [1.82, 2.24) is 14.2 Å². The fourth-order valence-corrected chi connectivity index (χ4v) is 6.53. The van der Waals surface area contributed by atoms with Crippen LogP contribution in [0.25, 0.3) is 10.9 Å². The number of nitrogens with zero attached hydrogens (tertiary/aromatic N) is 2. The molecule has 1 amide bonds. The second-order valence-corrected chi connectivity index (χ2v) is 10.8. The molecule has 1 aliphatic rings. The summed E-state index contributed by atoms with van der Waals surface area (Å²) in [7, 11) is -3.56. The van der Waals surface area contributed by atoms with Gasteiger partial charge in [0.1, 0.15) is 4.21 Å². The Bertz CT molecular complexity index is 1160. The number of sulfonamides is 1. The number of amides is 1. The Balaban J connectivity index is 1.49. The van der Waals surface area contributed by atoms with E-state index in [0.29, 0.717) is 23.0 Å². The SMILES string of the molecule is Cc1[nH]c2ccc(C(=O)N3CCN(S(=O)(=O)c4ccc(Cl)s4)CC3)cc2c1C. The van der Waals surface area contributed by atoms with Crippen LogP contribution < -0.4 is 0 Å². The molecule has 1 aliphatic heterocycles. The molecule has 28 heavy (non-hydrogen) atoms. The summed E-state index contributed by atoms with van der Waals surface area (Å²) in [6.07, 6.45) is 0. The summed E-state index contributed by atoms with van der Waals surface area (Å²) in [5, 5.41) is 1.04. The zero-order chi connectivity index (χ0) is 20.1. The average Bonchev–Trinajstić information content (AvgIpc) is 3.25. The van der Waals surface area contributed by atoms with Crippen LogP contribution >= 0.6 is 22.9 Å². The maximum Gasteiger partial charge on any atom is 0.253 e. The number of halogens is 1. The van der Waals surface area contributed by atoms with Crippen molar-refractivity contribution in [3.63, 3.8) is 0 Å². The van der Waals surface area contributed by atoms with Gasteiger partial charge >= 0.3 is 0 Å². The molecule has 1 fully saturated rings. The van der Waals surface area contributed by atoms with Gasteiger partial charge in [0, 0.05) is 48.3 Å². The third-order valence-electron chi connectivity index (χ3n) is 5.22. The Labute approximate surface area is 172 Å². The third-order valence-corrected chi connectivity index (χ3v) is 8.82. The van der Waals surface area contributed by atoms with Gasteiger partial charge in [-0.3, -0.25) is 4.79 Å². The van der Waals surface area contributed by atoms with Gasteiger partial charge < -0.3 is 9.88 Å². The van der Waals surface area contributed by atoms with E-state index in [4.69, 9.17) is 11.6 Å². The number of nitrogens with one attached hydrogen (secondary N) is 1. The van der Waals surface area contributed by atoms with E-state index >= 15 is 0 Å². The summed E-state index contributed by atoms with van der Waals surface area (Å²) in [4.78, 5) is 17.9. The van der Waals surface area contributed by atoms with E-state index in [1.165, 1.54) is 10.4 Å². The predicted molar refractivity (Wildman–Crippen MR) is 112 cm³/mol. The average molecular weight is 438 g/mol. The lowest BCUT2D eigenvalue weighted by Crippen LogP contribution is -2.50. The number of carbonyl (C=O) groups is 1. The fourth-order valence-electron chi connectivity index (χ4n) is 3.47. The highest BCUT2D eigenvalue weighted by Crippen LogP contribution is 2.29. The molecule has 1 saturated heterocycles. The molecule has 0 saturated carbocycles. The first-order valence-electron chi connectivity index (χ1n) is 8.91. The lowest BCUT2D eigenvalue weighted by molar-refractivity contribution is 0.0698. The first-order chi connectivity index (χ1) is 13.3. The number of carbonyl (C=O) groups excluding carboxylic acids is 1. The maximum atomic E-state index is 12.9.